The van der Waals surface area contributed by atoms with Crippen LogP contribution in [-0.4, -0.2) is 31.3 Å². The van der Waals surface area contributed by atoms with Crippen molar-refractivity contribution in [3.63, 3.8) is 0 Å². The van der Waals surface area contributed by atoms with Gasteiger partial charge in [-0.3, -0.25) is 20.2 Å². The second kappa shape index (κ2) is 9.90. The molecule has 0 amide bonds. The van der Waals surface area contributed by atoms with Crippen LogP contribution in [-0.2, 0) is 4.74 Å². The van der Waals surface area contributed by atoms with E-state index in [1.807, 2.05) is 37.3 Å². The van der Waals surface area contributed by atoms with Crippen LogP contribution in [0.3, 0.4) is 0 Å². The van der Waals surface area contributed by atoms with E-state index in [0.717, 1.165) is 0 Å². The smallest absolute Gasteiger partial charge is 0.267 e. The van der Waals surface area contributed by atoms with Gasteiger partial charge >= 0.3 is 0 Å². The van der Waals surface area contributed by atoms with E-state index in [2.05, 4.69) is 15.3 Å². The molecule has 0 radical (unpaired) electrons. The lowest BCUT2D eigenvalue weighted by Gasteiger charge is -2.23. The number of nitrogens with zero attached hydrogens (tertiary/aromatic N) is 4. The second-order valence-electron chi connectivity index (χ2n) is 7.66. The molecule has 11 heteroatoms. The van der Waals surface area contributed by atoms with E-state index in [0.29, 0.717) is 33.9 Å². The van der Waals surface area contributed by atoms with E-state index in [-0.39, 0.29) is 34.6 Å². The van der Waals surface area contributed by atoms with Gasteiger partial charge in [0.25, 0.3) is 5.56 Å². The third-order valence-corrected chi connectivity index (χ3v) is 5.59. The number of para-hydroxylation sites is 1. The number of aromatic nitrogens is 4. The Hall–Kier alpha value is -4.31. The van der Waals surface area contributed by atoms with Crippen LogP contribution in [0.2, 0.25) is 5.02 Å². The van der Waals surface area contributed by atoms with Gasteiger partial charge < -0.3 is 15.8 Å². The molecule has 0 aliphatic heterocycles. The molecule has 35 heavy (non-hydrogen) atoms. The van der Waals surface area contributed by atoms with Crippen molar-refractivity contribution in [1.29, 1.82) is 10.8 Å². The van der Waals surface area contributed by atoms with Gasteiger partial charge in [0.1, 0.15) is 29.4 Å². The summed E-state index contributed by atoms with van der Waals surface area (Å²) in [7, 11) is 0. The summed E-state index contributed by atoms with van der Waals surface area (Å²) in [5, 5.41) is 19.7. The van der Waals surface area contributed by atoms with Crippen LogP contribution in [0.15, 0.2) is 59.7 Å². The number of nitrogens with one attached hydrogen (secondary N) is 3. The first-order valence-electron chi connectivity index (χ1n) is 10.8. The molecule has 0 saturated heterocycles. The van der Waals surface area contributed by atoms with E-state index >= 15 is 0 Å². The number of benzene rings is 2. The number of nitrogen functional groups attached to an aromatic ring is 1. The molecular weight excluding hydrogens is 468 g/mol. The zero-order chi connectivity index (χ0) is 25.1. The van der Waals surface area contributed by atoms with Crippen molar-refractivity contribution in [3.05, 3.63) is 81.6 Å². The SMILES string of the molecule is CCC(Nc1ncnc(N)c1C(=N)OC(C)=N)c1nc2cccc(Cl)c2c(=O)n1-c1ccccc1. The van der Waals surface area contributed by atoms with Crippen LogP contribution in [0.4, 0.5) is 11.6 Å². The Morgan fingerprint density at radius 2 is 1.91 bits per heavy atom. The third kappa shape index (κ3) is 4.69. The summed E-state index contributed by atoms with van der Waals surface area (Å²) < 4.78 is 6.66. The molecule has 2 heterocycles. The number of hydrogen-bond acceptors (Lipinski definition) is 9. The quantitative estimate of drug-likeness (QED) is 0.231. The molecule has 4 rings (SSSR count). The Morgan fingerprint density at radius 1 is 1.17 bits per heavy atom. The van der Waals surface area contributed by atoms with Crippen LogP contribution in [0.25, 0.3) is 16.6 Å². The van der Waals surface area contributed by atoms with Gasteiger partial charge in [-0.15, -0.1) is 0 Å². The lowest BCUT2D eigenvalue weighted by atomic mass is 10.1. The fourth-order valence-corrected chi connectivity index (χ4v) is 3.97. The number of halogens is 1. The Morgan fingerprint density at radius 3 is 2.60 bits per heavy atom. The predicted octanol–water partition coefficient (Wildman–Crippen LogP) is 4.31. The van der Waals surface area contributed by atoms with Gasteiger partial charge in [0, 0.05) is 6.92 Å². The summed E-state index contributed by atoms with van der Waals surface area (Å²) in [6.45, 7) is 3.33. The summed E-state index contributed by atoms with van der Waals surface area (Å²) in [5.74, 6) is 0.115. The first-order chi connectivity index (χ1) is 16.8. The minimum atomic E-state index is -0.520. The molecule has 1 unspecified atom stereocenters. The van der Waals surface area contributed by atoms with Crippen LogP contribution < -0.4 is 16.6 Å². The van der Waals surface area contributed by atoms with E-state index in [1.54, 1.807) is 18.2 Å². The number of fused-ring (bicyclic) bond motifs is 1. The monoisotopic (exact) mass is 490 g/mol. The average molecular weight is 491 g/mol. The fraction of sp³-hybridized carbons (Fsp3) is 0.167. The minimum absolute atomic E-state index is 0.0160. The first-order valence-corrected chi connectivity index (χ1v) is 11.1. The second-order valence-corrected chi connectivity index (χ2v) is 8.06. The number of ether oxygens (including phenoxy) is 1. The summed E-state index contributed by atoms with van der Waals surface area (Å²) >= 11 is 6.38. The summed E-state index contributed by atoms with van der Waals surface area (Å²) in [6.07, 6.45) is 1.77. The summed E-state index contributed by atoms with van der Waals surface area (Å²) in [5.41, 5.74) is 6.91. The first kappa shape index (κ1) is 23.8. The van der Waals surface area contributed by atoms with E-state index in [4.69, 9.17) is 37.9 Å². The fourth-order valence-electron chi connectivity index (χ4n) is 3.72. The molecule has 5 N–H and O–H groups in total. The van der Waals surface area contributed by atoms with Gasteiger partial charge in [-0.1, -0.05) is 42.8 Å². The third-order valence-electron chi connectivity index (χ3n) is 5.28. The molecule has 10 nitrogen and oxygen atoms in total. The Bertz CT molecular complexity index is 1490. The number of rotatable bonds is 6. The topological polar surface area (TPSA) is 156 Å². The van der Waals surface area contributed by atoms with E-state index in [1.165, 1.54) is 17.8 Å². The molecule has 0 aliphatic rings. The highest BCUT2D eigenvalue weighted by molar-refractivity contribution is 6.35. The molecular formula is C24H23ClN8O2. The Balaban J connectivity index is 1.91. The Labute approximate surface area is 205 Å². The molecule has 0 aliphatic carbocycles. The van der Waals surface area contributed by atoms with Gasteiger partial charge in [0.2, 0.25) is 5.90 Å². The normalized spacial score (nSPS) is 11.7. The largest absolute Gasteiger partial charge is 0.425 e. The summed E-state index contributed by atoms with van der Waals surface area (Å²) in [6, 6.07) is 13.8. The van der Waals surface area contributed by atoms with Crippen LogP contribution in [0, 0.1) is 10.8 Å². The molecule has 0 fully saturated rings. The number of hydrogen-bond donors (Lipinski definition) is 4. The van der Waals surface area contributed by atoms with E-state index in [9.17, 15) is 4.79 Å². The maximum atomic E-state index is 13.7. The molecule has 4 aromatic rings. The molecule has 2 aromatic carbocycles. The van der Waals surface area contributed by atoms with Crippen molar-refractivity contribution in [2.45, 2.75) is 26.3 Å². The van der Waals surface area contributed by atoms with Crippen molar-refractivity contribution in [1.82, 2.24) is 19.5 Å². The highest BCUT2D eigenvalue weighted by Gasteiger charge is 2.24. The maximum Gasteiger partial charge on any atom is 0.267 e. The molecule has 178 valence electrons. The molecule has 2 aromatic heterocycles. The number of anilines is 2. The van der Waals surface area contributed by atoms with Crippen molar-refractivity contribution in [3.8, 4) is 5.69 Å². The molecule has 0 bridgehead atoms. The van der Waals surface area contributed by atoms with Gasteiger partial charge in [0.15, 0.2) is 5.90 Å². The number of nitrogens with two attached hydrogens (primary N) is 1. The zero-order valence-corrected chi connectivity index (χ0v) is 19.8. The van der Waals surface area contributed by atoms with Gasteiger partial charge in [-0.05, 0) is 30.7 Å². The standard InChI is InChI=1S/C24H23ClN8O2/c1-3-16(31-22-19(20(27)29-12-30-22)21(28)35-13(2)26)23-32-17-11-7-10-15(25)18(17)24(34)33(23)14-8-5-4-6-9-14/h4-12,16,26,28H,3H2,1-2H3,(H3,27,29,30,31). The highest BCUT2D eigenvalue weighted by Crippen LogP contribution is 2.28. The van der Waals surface area contributed by atoms with Crippen molar-refractivity contribution >= 4 is 45.9 Å². The van der Waals surface area contributed by atoms with Crippen molar-refractivity contribution in [2.24, 2.45) is 0 Å². The molecule has 0 spiro atoms. The zero-order valence-electron chi connectivity index (χ0n) is 19.0. The van der Waals surface area contributed by atoms with Gasteiger partial charge in [-0.25, -0.2) is 15.0 Å². The van der Waals surface area contributed by atoms with E-state index < -0.39 is 6.04 Å². The Kier molecular flexibility index (Phi) is 6.74. The molecule has 0 saturated carbocycles. The average Bonchev–Trinajstić information content (AvgIpc) is 2.82. The highest BCUT2D eigenvalue weighted by atomic mass is 35.5. The van der Waals surface area contributed by atoms with Gasteiger partial charge in [-0.2, -0.15) is 0 Å². The van der Waals surface area contributed by atoms with Crippen LogP contribution in [0.5, 0.6) is 0 Å². The predicted molar refractivity (Wildman–Crippen MR) is 137 cm³/mol. The lowest BCUT2D eigenvalue weighted by molar-refractivity contribution is 0.532. The van der Waals surface area contributed by atoms with Crippen LogP contribution >= 0.6 is 11.6 Å². The van der Waals surface area contributed by atoms with Crippen molar-refractivity contribution in [2.75, 3.05) is 11.1 Å². The van der Waals surface area contributed by atoms with Gasteiger partial charge in [0.05, 0.1) is 27.7 Å². The summed E-state index contributed by atoms with van der Waals surface area (Å²) in [4.78, 5) is 26.7. The van der Waals surface area contributed by atoms with Crippen LogP contribution in [0.1, 0.15) is 37.7 Å². The van der Waals surface area contributed by atoms with Crippen molar-refractivity contribution < 1.29 is 4.74 Å². The lowest BCUT2D eigenvalue weighted by Crippen LogP contribution is -2.29. The minimum Gasteiger partial charge on any atom is -0.425 e. The maximum absolute atomic E-state index is 13.7. The molecule has 1 atom stereocenters.